The van der Waals surface area contributed by atoms with Gasteiger partial charge in [-0.2, -0.15) is 0 Å². The first-order valence-corrected chi connectivity index (χ1v) is 7.14. The van der Waals surface area contributed by atoms with Crippen LogP contribution < -0.4 is 0 Å². The molecule has 1 amide bonds. The molecule has 0 aliphatic rings. The number of nitrogens with zero attached hydrogens (tertiary/aromatic N) is 1. The van der Waals surface area contributed by atoms with Crippen molar-refractivity contribution in [3.05, 3.63) is 22.4 Å². The molecule has 2 rings (SSSR count). The third kappa shape index (κ3) is 2.54. The molecular formula is C12H13NO3S2. The fraction of sp³-hybridized carbons (Fsp3) is 0.333. The van der Waals surface area contributed by atoms with Gasteiger partial charge in [-0.25, -0.2) is 0 Å². The number of carbonyl (C=O) groups is 2. The van der Waals surface area contributed by atoms with Gasteiger partial charge in [0.25, 0.3) is 5.91 Å². The molecule has 0 aromatic carbocycles. The van der Waals surface area contributed by atoms with Crippen molar-refractivity contribution in [3.63, 3.8) is 0 Å². The Morgan fingerprint density at radius 3 is 2.78 bits per heavy atom. The van der Waals surface area contributed by atoms with Crippen molar-refractivity contribution in [3.8, 4) is 0 Å². The molecule has 0 bridgehead atoms. The number of rotatable bonds is 4. The molecule has 6 heteroatoms. The fourth-order valence-corrected chi connectivity index (χ4v) is 3.73. The van der Waals surface area contributed by atoms with Crippen LogP contribution in [0.4, 0.5) is 0 Å². The number of fused-ring (bicyclic) bond motifs is 1. The van der Waals surface area contributed by atoms with E-state index in [-0.39, 0.29) is 12.5 Å². The number of aliphatic carboxylic acids is 1. The maximum absolute atomic E-state index is 12.1. The van der Waals surface area contributed by atoms with Gasteiger partial charge >= 0.3 is 5.97 Å². The molecule has 96 valence electrons. The molecule has 0 saturated heterocycles. The molecule has 2 aromatic heterocycles. The Hall–Kier alpha value is -1.40. The molecule has 0 aliphatic heterocycles. The van der Waals surface area contributed by atoms with Gasteiger partial charge in [-0.05, 0) is 17.5 Å². The molecular weight excluding hydrogens is 270 g/mol. The summed E-state index contributed by atoms with van der Waals surface area (Å²) in [5.74, 6) is -1.56. The van der Waals surface area contributed by atoms with Crippen molar-refractivity contribution < 1.29 is 14.7 Å². The van der Waals surface area contributed by atoms with Gasteiger partial charge < -0.3 is 10.0 Å². The Kier molecular flexibility index (Phi) is 3.68. The third-order valence-corrected chi connectivity index (χ3v) is 4.75. The topological polar surface area (TPSA) is 57.6 Å². The molecule has 1 unspecified atom stereocenters. The molecule has 4 nitrogen and oxygen atoms in total. The molecule has 0 saturated carbocycles. The van der Waals surface area contributed by atoms with E-state index in [1.54, 1.807) is 25.3 Å². The van der Waals surface area contributed by atoms with Crippen LogP contribution in [0.15, 0.2) is 17.5 Å². The molecule has 2 heterocycles. The van der Waals surface area contributed by atoms with Gasteiger partial charge in [0, 0.05) is 23.0 Å². The lowest BCUT2D eigenvalue weighted by atomic mass is 10.2. The lowest BCUT2D eigenvalue weighted by Gasteiger charge is -2.18. The first-order valence-electron chi connectivity index (χ1n) is 5.44. The van der Waals surface area contributed by atoms with E-state index in [2.05, 4.69) is 0 Å². The van der Waals surface area contributed by atoms with Crippen LogP contribution in [0.5, 0.6) is 0 Å². The van der Waals surface area contributed by atoms with E-state index in [0.717, 1.165) is 9.40 Å². The number of hydrogen-bond acceptors (Lipinski definition) is 4. The zero-order valence-corrected chi connectivity index (χ0v) is 11.7. The summed E-state index contributed by atoms with van der Waals surface area (Å²) in [6.07, 6.45) is 0. The summed E-state index contributed by atoms with van der Waals surface area (Å²) in [6.45, 7) is 1.82. The molecule has 0 aliphatic carbocycles. The van der Waals surface area contributed by atoms with Gasteiger partial charge in [-0.15, -0.1) is 22.7 Å². The van der Waals surface area contributed by atoms with Gasteiger partial charge in [-0.3, -0.25) is 9.59 Å². The highest BCUT2D eigenvalue weighted by molar-refractivity contribution is 7.27. The van der Waals surface area contributed by atoms with Gasteiger partial charge in [0.05, 0.1) is 10.8 Å². The summed E-state index contributed by atoms with van der Waals surface area (Å²) in [6, 6.07) is 3.86. The smallest absolute Gasteiger partial charge is 0.308 e. The first-order chi connectivity index (χ1) is 8.49. The zero-order chi connectivity index (χ0) is 13.3. The molecule has 0 spiro atoms. The van der Waals surface area contributed by atoms with Crippen molar-refractivity contribution in [2.75, 3.05) is 13.6 Å². The SMILES string of the molecule is CC(CN(C)C(=O)c1cc2sccc2s1)C(=O)O. The van der Waals surface area contributed by atoms with Crippen LogP contribution in [0.2, 0.25) is 0 Å². The monoisotopic (exact) mass is 283 g/mol. The van der Waals surface area contributed by atoms with Crippen molar-refractivity contribution in [2.45, 2.75) is 6.92 Å². The second kappa shape index (κ2) is 5.07. The number of carbonyl (C=O) groups excluding carboxylic acids is 1. The summed E-state index contributed by atoms with van der Waals surface area (Å²) in [4.78, 5) is 25.0. The highest BCUT2D eigenvalue weighted by Crippen LogP contribution is 2.30. The Bertz CT molecular complexity index is 558. The molecule has 18 heavy (non-hydrogen) atoms. The van der Waals surface area contributed by atoms with E-state index in [0.29, 0.717) is 4.88 Å². The summed E-state index contributed by atoms with van der Waals surface area (Å²) in [5.41, 5.74) is 0. The fourth-order valence-electron chi connectivity index (χ4n) is 1.63. The molecule has 1 atom stereocenters. The van der Waals surface area contributed by atoms with Gasteiger partial charge in [-0.1, -0.05) is 6.92 Å². The van der Waals surface area contributed by atoms with Crippen molar-refractivity contribution in [1.29, 1.82) is 0 Å². The third-order valence-electron chi connectivity index (χ3n) is 2.67. The maximum atomic E-state index is 12.1. The van der Waals surface area contributed by atoms with Gasteiger partial charge in [0.15, 0.2) is 0 Å². The van der Waals surface area contributed by atoms with E-state index in [4.69, 9.17) is 5.11 Å². The van der Waals surface area contributed by atoms with Gasteiger partial charge in [0.2, 0.25) is 0 Å². The van der Waals surface area contributed by atoms with E-state index in [9.17, 15) is 9.59 Å². The molecule has 0 fully saturated rings. The van der Waals surface area contributed by atoms with Crippen LogP contribution in [0, 0.1) is 5.92 Å². The molecule has 2 aromatic rings. The first kappa shape index (κ1) is 13.0. The number of carboxylic acids is 1. The van der Waals surface area contributed by atoms with Crippen molar-refractivity contribution in [1.82, 2.24) is 4.90 Å². The second-order valence-corrected chi connectivity index (χ2v) is 6.22. The normalized spacial score (nSPS) is 12.6. The van der Waals surface area contributed by atoms with E-state index in [1.807, 2.05) is 17.5 Å². The standard InChI is InChI=1S/C12H13NO3S2/c1-7(12(15)16)6-13(2)11(14)10-5-9-8(18-10)3-4-17-9/h3-5,7H,6H2,1-2H3,(H,15,16). The number of carboxylic acid groups (broad SMARTS) is 1. The van der Waals surface area contributed by atoms with Crippen LogP contribution in [0.25, 0.3) is 9.40 Å². The molecule has 0 radical (unpaired) electrons. The van der Waals surface area contributed by atoms with Crippen molar-refractivity contribution >= 4 is 43.9 Å². The maximum Gasteiger partial charge on any atom is 0.308 e. The van der Waals surface area contributed by atoms with E-state index in [1.165, 1.54) is 16.2 Å². The van der Waals surface area contributed by atoms with Crippen molar-refractivity contribution in [2.24, 2.45) is 5.92 Å². The van der Waals surface area contributed by atoms with E-state index < -0.39 is 11.9 Å². The van der Waals surface area contributed by atoms with Crippen LogP contribution in [-0.2, 0) is 4.79 Å². The number of hydrogen-bond donors (Lipinski definition) is 1. The average molecular weight is 283 g/mol. The lowest BCUT2D eigenvalue weighted by molar-refractivity contribution is -0.141. The summed E-state index contributed by atoms with van der Waals surface area (Å²) < 4.78 is 2.20. The highest BCUT2D eigenvalue weighted by atomic mass is 32.1. The Labute approximate surface area is 112 Å². The Morgan fingerprint density at radius 2 is 2.17 bits per heavy atom. The summed E-state index contributed by atoms with van der Waals surface area (Å²) >= 11 is 3.05. The Balaban J connectivity index is 2.11. The quantitative estimate of drug-likeness (QED) is 0.938. The second-order valence-electron chi connectivity index (χ2n) is 4.18. The number of thiophene rings is 2. The lowest BCUT2D eigenvalue weighted by Crippen LogP contribution is -2.33. The zero-order valence-electron chi connectivity index (χ0n) is 10.0. The van der Waals surface area contributed by atoms with Crippen LogP contribution in [0.3, 0.4) is 0 Å². The Morgan fingerprint density at radius 1 is 1.44 bits per heavy atom. The highest BCUT2D eigenvalue weighted by Gasteiger charge is 2.20. The van der Waals surface area contributed by atoms with Crippen LogP contribution >= 0.6 is 22.7 Å². The van der Waals surface area contributed by atoms with Crippen LogP contribution in [0.1, 0.15) is 16.6 Å². The average Bonchev–Trinajstić information content (AvgIpc) is 2.87. The minimum atomic E-state index is -0.887. The minimum absolute atomic E-state index is 0.114. The van der Waals surface area contributed by atoms with E-state index >= 15 is 0 Å². The largest absolute Gasteiger partial charge is 0.481 e. The predicted molar refractivity (Wildman–Crippen MR) is 73.5 cm³/mol. The predicted octanol–water partition coefficient (Wildman–Crippen LogP) is 2.76. The summed E-state index contributed by atoms with van der Waals surface area (Å²) in [7, 11) is 1.63. The van der Waals surface area contributed by atoms with Crippen LogP contribution in [-0.4, -0.2) is 35.5 Å². The van der Waals surface area contributed by atoms with Gasteiger partial charge in [0.1, 0.15) is 0 Å². The minimum Gasteiger partial charge on any atom is -0.481 e. The number of amides is 1. The summed E-state index contributed by atoms with van der Waals surface area (Å²) in [5, 5.41) is 10.8. The molecule has 1 N–H and O–H groups in total.